The summed E-state index contributed by atoms with van der Waals surface area (Å²) in [6.45, 7) is 0.671. The molecule has 5 nitrogen and oxygen atoms in total. The fraction of sp³-hybridized carbons (Fsp3) is 0.500. The lowest BCUT2D eigenvalue weighted by atomic mass is 10.2. The molecule has 0 aliphatic rings. The van der Waals surface area contributed by atoms with Crippen LogP contribution < -0.4 is 10.6 Å². The van der Waals surface area contributed by atoms with Crippen molar-refractivity contribution in [1.29, 1.82) is 0 Å². The Hall–Kier alpha value is -1.33. The predicted molar refractivity (Wildman–Crippen MR) is 55.4 cm³/mol. The third-order valence-electron chi connectivity index (χ3n) is 1.89. The molecule has 84 valence electrons. The number of carbonyl (C=O) groups excluding carboxylic acids is 1. The van der Waals surface area contributed by atoms with Crippen LogP contribution in [0.3, 0.4) is 0 Å². The second-order valence-corrected chi connectivity index (χ2v) is 3.12. The van der Waals surface area contributed by atoms with Crippen molar-refractivity contribution in [2.75, 3.05) is 27.3 Å². The summed E-state index contributed by atoms with van der Waals surface area (Å²) in [7, 11) is 3.30. The minimum atomic E-state index is -0.231. The molecule has 1 heterocycles. The van der Waals surface area contributed by atoms with Gasteiger partial charge in [-0.15, -0.1) is 0 Å². The van der Waals surface area contributed by atoms with Gasteiger partial charge in [-0.05, 0) is 19.2 Å². The predicted octanol–water partition coefficient (Wildman–Crippen LogP) is 0.303. The number of carbonyl (C=O) groups is 1. The molecule has 1 rings (SSSR count). The molecule has 0 aliphatic carbocycles. The SMILES string of the molecule is CNCC(=O)NC(COC)c1ccco1. The zero-order valence-corrected chi connectivity index (χ0v) is 8.95. The van der Waals surface area contributed by atoms with Crippen molar-refractivity contribution in [2.24, 2.45) is 0 Å². The smallest absolute Gasteiger partial charge is 0.234 e. The van der Waals surface area contributed by atoms with Gasteiger partial charge in [0, 0.05) is 7.11 Å². The zero-order valence-electron chi connectivity index (χ0n) is 8.95. The third-order valence-corrected chi connectivity index (χ3v) is 1.89. The molecule has 0 saturated heterocycles. The minimum Gasteiger partial charge on any atom is -0.467 e. The van der Waals surface area contributed by atoms with Gasteiger partial charge in [0.25, 0.3) is 0 Å². The highest BCUT2D eigenvalue weighted by Crippen LogP contribution is 2.13. The molecule has 2 N–H and O–H groups in total. The molecule has 1 aromatic rings. The fourth-order valence-electron chi connectivity index (χ4n) is 1.26. The number of rotatable bonds is 6. The molecule has 0 aliphatic heterocycles. The summed E-state index contributed by atoms with van der Waals surface area (Å²) < 4.78 is 10.2. The van der Waals surface area contributed by atoms with Crippen LogP contribution >= 0.6 is 0 Å². The van der Waals surface area contributed by atoms with Crippen molar-refractivity contribution < 1.29 is 13.9 Å². The molecule has 1 unspecified atom stereocenters. The van der Waals surface area contributed by atoms with Crippen molar-refractivity contribution in [3.05, 3.63) is 24.2 Å². The van der Waals surface area contributed by atoms with Crippen molar-refractivity contribution >= 4 is 5.91 Å². The third kappa shape index (κ3) is 3.73. The number of ether oxygens (including phenoxy) is 1. The largest absolute Gasteiger partial charge is 0.467 e. The molecule has 0 spiro atoms. The van der Waals surface area contributed by atoms with Gasteiger partial charge in [0.15, 0.2) is 0 Å². The van der Waals surface area contributed by atoms with Crippen LogP contribution in [0.2, 0.25) is 0 Å². The second-order valence-electron chi connectivity index (χ2n) is 3.12. The summed E-state index contributed by atoms with van der Waals surface area (Å²) in [5, 5.41) is 5.58. The van der Waals surface area contributed by atoms with E-state index < -0.39 is 0 Å². The van der Waals surface area contributed by atoms with E-state index in [2.05, 4.69) is 10.6 Å². The molecule has 0 aromatic carbocycles. The van der Waals surface area contributed by atoms with Gasteiger partial charge in [-0.25, -0.2) is 0 Å². The maximum Gasteiger partial charge on any atom is 0.234 e. The van der Waals surface area contributed by atoms with E-state index in [1.165, 1.54) is 0 Å². The van der Waals surface area contributed by atoms with E-state index in [0.29, 0.717) is 12.4 Å². The number of hydrogen-bond donors (Lipinski definition) is 2. The Bertz CT molecular complexity index is 285. The van der Waals surface area contributed by atoms with Crippen LogP contribution in [0.15, 0.2) is 22.8 Å². The monoisotopic (exact) mass is 212 g/mol. The molecule has 1 aromatic heterocycles. The molecule has 5 heteroatoms. The maximum atomic E-state index is 11.4. The highest BCUT2D eigenvalue weighted by atomic mass is 16.5. The van der Waals surface area contributed by atoms with E-state index in [1.54, 1.807) is 26.5 Å². The van der Waals surface area contributed by atoms with Crippen LogP contribution in [-0.4, -0.2) is 33.2 Å². The lowest BCUT2D eigenvalue weighted by Crippen LogP contribution is -2.36. The lowest BCUT2D eigenvalue weighted by Gasteiger charge is -2.15. The molecule has 15 heavy (non-hydrogen) atoms. The van der Waals surface area contributed by atoms with Crippen LogP contribution in [0.4, 0.5) is 0 Å². The van der Waals surface area contributed by atoms with Crippen molar-refractivity contribution in [3.8, 4) is 0 Å². The molecule has 0 radical (unpaired) electrons. The van der Waals surface area contributed by atoms with E-state index in [4.69, 9.17) is 9.15 Å². The highest BCUT2D eigenvalue weighted by molar-refractivity contribution is 5.78. The summed E-state index contributed by atoms with van der Waals surface area (Å²) in [6, 6.07) is 3.36. The van der Waals surface area contributed by atoms with Crippen molar-refractivity contribution in [3.63, 3.8) is 0 Å². The molecular weight excluding hydrogens is 196 g/mol. The normalized spacial score (nSPS) is 12.4. The summed E-state index contributed by atoms with van der Waals surface area (Å²) in [5.74, 6) is 0.609. The van der Waals surface area contributed by atoms with Crippen LogP contribution in [0.1, 0.15) is 11.8 Å². The van der Waals surface area contributed by atoms with Gasteiger partial charge in [0.1, 0.15) is 11.8 Å². The summed E-state index contributed by atoms with van der Waals surface area (Å²) in [6.07, 6.45) is 1.57. The second kappa shape index (κ2) is 6.21. The Kier molecular flexibility index (Phi) is 4.86. The van der Waals surface area contributed by atoms with Gasteiger partial charge in [-0.3, -0.25) is 4.79 Å². The Labute approximate surface area is 88.8 Å². The maximum absolute atomic E-state index is 11.4. The number of methoxy groups -OCH3 is 1. The molecule has 1 atom stereocenters. The molecule has 0 fully saturated rings. The van der Waals surface area contributed by atoms with Gasteiger partial charge < -0.3 is 19.8 Å². The molecule has 0 bridgehead atoms. The van der Waals surface area contributed by atoms with E-state index in [-0.39, 0.29) is 18.5 Å². The summed E-state index contributed by atoms with van der Waals surface area (Å²) >= 11 is 0. The van der Waals surface area contributed by atoms with Crippen LogP contribution in [0.5, 0.6) is 0 Å². The Morgan fingerprint density at radius 1 is 1.67 bits per heavy atom. The topological polar surface area (TPSA) is 63.5 Å². The number of nitrogens with one attached hydrogen (secondary N) is 2. The van der Waals surface area contributed by atoms with Gasteiger partial charge in [-0.1, -0.05) is 0 Å². The van der Waals surface area contributed by atoms with Gasteiger partial charge in [0.05, 0.1) is 19.4 Å². The summed E-state index contributed by atoms with van der Waals surface area (Å²) in [4.78, 5) is 11.4. The standard InChI is InChI=1S/C10H16N2O3/c1-11-6-10(13)12-8(7-14-2)9-4-3-5-15-9/h3-5,8,11H,6-7H2,1-2H3,(H,12,13). The minimum absolute atomic E-state index is 0.0871. The van der Waals surface area contributed by atoms with Crippen molar-refractivity contribution in [2.45, 2.75) is 6.04 Å². The molecule has 1 amide bonds. The number of furan rings is 1. The van der Waals surface area contributed by atoms with Gasteiger partial charge in [-0.2, -0.15) is 0 Å². The first-order valence-corrected chi connectivity index (χ1v) is 4.74. The lowest BCUT2D eigenvalue weighted by molar-refractivity contribution is -0.121. The van der Waals surface area contributed by atoms with Crippen LogP contribution in [-0.2, 0) is 9.53 Å². The first kappa shape index (κ1) is 11.7. The zero-order chi connectivity index (χ0) is 11.1. The Morgan fingerprint density at radius 3 is 3.00 bits per heavy atom. The average molecular weight is 212 g/mol. The number of amides is 1. The number of likely N-dealkylation sites (N-methyl/N-ethyl adjacent to an activating group) is 1. The molecule has 0 saturated carbocycles. The van der Waals surface area contributed by atoms with Crippen LogP contribution in [0.25, 0.3) is 0 Å². The van der Waals surface area contributed by atoms with Crippen molar-refractivity contribution in [1.82, 2.24) is 10.6 Å². The quantitative estimate of drug-likeness (QED) is 0.712. The Morgan fingerprint density at radius 2 is 2.47 bits per heavy atom. The van der Waals surface area contributed by atoms with E-state index in [1.807, 2.05) is 6.07 Å². The fourth-order valence-corrected chi connectivity index (χ4v) is 1.26. The van der Waals surface area contributed by atoms with Crippen LogP contribution in [0, 0.1) is 0 Å². The molecular formula is C10H16N2O3. The number of hydrogen-bond acceptors (Lipinski definition) is 4. The Balaban J connectivity index is 2.55. The summed E-state index contributed by atoms with van der Waals surface area (Å²) in [5.41, 5.74) is 0. The average Bonchev–Trinajstić information content (AvgIpc) is 2.70. The van der Waals surface area contributed by atoms with Gasteiger partial charge in [0.2, 0.25) is 5.91 Å². The first-order chi connectivity index (χ1) is 7.27. The van der Waals surface area contributed by atoms with E-state index >= 15 is 0 Å². The highest BCUT2D eigenvalue weighted by Gasteiger charge is 2.16. The van der Waals surface area contributed by atoms with E-state index in [9.17, 15) is 4.79 Å². The van der Waals surface area contributed by atoms with E-state index in [0.717, 1.165) is 0 Å². The first-order valence-electron chi connectivity index (χ1n) is 4.74. The van der Waals surface area contributed by atoms with Gasteiger partial charge >= 0.3 is 0 Å².